The van der Waals surface area contributed by atoms with Crippen LogP contribution >= 0.6 is 0 Å². The lowest BCUT2D eigenvalue weighted by Crippen LogP contribution is -2.57. The van der Waals surface area contributed by atoms with Gasteiger partial charge in [-0.2, -0.15) is 5.48 Å². The minimum absolute atomic E-state index is 0.107. The quantitative estimate of drug-likeness (QED) is 0.348. The van der Waals surface area contributed by atoms with Crippen molar-refractivity contribution in [2.24, 2.45) is 0 Å². The Hall–Kier alpha value is -2.88. The molecule has 0 fully saturated rings. The maximum Gasteiger partial charge on any atom is 0.407 e. The van der Waals surface area contributed by atoms with E-state index >= 15 is 0 Å². The highest BCUT2D eigenvalue weighted by atomic mass is 19.3. The molecule has 0 aliphatic rings. The van der Waals surface area contributed by atoms with Crippen LogP contribution in [0.25, 0.3) is 0 Å². The van der Waals surface area contributed by atoms with E-state index in [2.05, 4.69) is 10.8 Å². The molecule has 33 heavy (non-hydrogen) atoms. The number of rotatable bonds is 11. The van der Waals surface area contributed by atoms with Crippen molar-refractivity contribution in [3.8, 4) is 0 Å². The van der Waals surface area contributed by atoms with Crippen molar-refractivity contribution in [2.75, 3.05) is 6.54 Å². The van der Waals surface area contributed by atoms with E-state index in [-0.39, 0.29) is 6.61 Å². The second-order valence-corrected chi connectivity index (χ2v) is 8.55. The van der Waals surface area contributed by atoms with E-state index in [1.54, 1.807) is 81.4 Å². The minimum atomic E-state index is -3.75. The number of hydroxylamine groups is 1. The molecule has 0 radical (unpaired) electrons. The predicted molar refractivity (Wildman–Crippen MR) is 119 cm³/mol. The Morgan fingerprint density at radius 1 is 1.06 bits per heavy atom. The van der Waals surface area contributed by atoms with Gasteiger partial charge in [-0.25, -0.2) is 13.6 Å². The highest BCUT2D eigenvalue weighted by molar-refractivity contribution is 5.71. The lowest BCUT2D eigenvalue weighted by atomic mass is 9.87. The van der Waals surface area contributed by atoms with E-state index in [9.17, 15) is 23.5 Å². The first-order chi connectivity index (χ1) is 15.5. The van der Waals surface area contributed by atoms with Gasteiger partial charge in [-0.15, -0.1) is 0 Å². The maximum atomic E-state index is 14.9. The first-order valence-electron chi connectivity index (χ1n) is 10.5. The Balaban J connectivity index is 2.19. The van der Waals surface area contributed by atoms with E-state index in [0.29, 0.717) is 17.4 Å². The third-order valence-electron chi connectivity index (χ3n) is 4.67. The van der Waals surface area contributed by atoms with Gasteiger partial charge in [0.25, 0.3) is 5.92 Å². The van der Waals surface area contributed by atoms with Gasteiger partial charge in [-0.1, -0.05) is 60.7 Å². The molecule has 0 saturated heterocycles. The topological polar surface area (TPSA) is 96.9 Å². The van der Waals surface area contributed by atoms with Crippen molar-refractivity contribution >= 4 is 12.4 Å². The van der Waals surface area contributed by atoms with Crippen molar-refractivity contribution in [1.29, 1.82) is 0 Å². The normalized spacial score (nSPS) is 14.7. The molecule has 3 atom stereocenters. The van der Waals surface area contributed by atoms with Crippen LogP contribution in [0.2, 0.25) is 0 Å². The lowest BCUT2D eigenvalue weighted by molar-refractivity contribution is -0.159. The zero-order chi connectivity index (χ0) is 24.5. The van der Waals surface area contributed by atoms with Crippen molar-refractivity contribution in [3.05, 3.63) is 71.8 Å². The van der Waals surface area contributed by atoms with Gasteiger partial charge >= 0.3 is 6.09 Å². The Bertz CT molecular complexity index is 875. The molecule has 0 spiro atoms. The molecule has 0 aromatic heterocycles. The van der Waals surface area contributed by atoms with Crippen LogP contribution in [0.15, 0.2) is 60.7 Å². The Labute approximate surface area is 192 Å². The molecule has 2 aromatic rings. The molecule has 2 rings (SSSR count). The molecule has 9 heteroatoms. The second kappa shape index (κ2) is 11.8. The summed E-state index contributed by atoms with van der Waals surface area (Å²) < 4.78 is 34.8. The smallest absolute Gasteiger partial charge is 0.407 e. The molecule has 2 aromatic carbocycles. The summed E-state index contributed by atoms with van der Waals surface area (Å²) in [6, 6.07) is 15.1. The van der Waals surface area contributed by atoms with Crippen LogP contribution in [0, 0.1) is 0 Å². The van der Waals surface area contributed by atoms with Gasteiger partial charge in [0.1, 0.15) is 19.0 Å². The predicted octanol–water partition coefficient (Wildman–Crippen LogP) is 3.58. The number of nitrogens with one attached hydrogen (secondary N) is 2. The molecule has 1 amide bonds. The van der Waals surface area contributed by atoms with E-state index in [1.165, 1.54) is 0 Å². The summed E-state index contributed by atoms with van der Waals surface area (Å²) in [7, 11) is 0. The first kappa shape index (κ1) is 26.4. The standard InChI is InChI=1S/C24H30F2N2O5/c1-23(2,3)33-27-16-24(25,26)21(30)20(19(14-29)18-12-8-5-9-13-18)28-22(31)32-15-17-10-6-4-7-11-17/h4-14,19-21,27,30H,15-16H2,1-3H3,(H,28,31). The highest BCUT2D eigenvalue weighted by Gasteiger charge is 2.47. The van der Waals surface area contributed by atoms with Crippen LogP contribution < -0.4 is 10.8 Å². The number of aldehydes is 1. The summed E-state index contributed by atoms with van der Waals surface area (Å²) in [5.74, 6) is -5.00. The zero-order valence-electron chi connectivity index (χ0n) is 18.8. The summed E-state index contributed by atoms with van der Waals surface area (Å²) in [5.41, 5.74) is 2.46. The third-order valence-corrected chi connectivity index (χ3v) is 4.67. The van der Waals surface area contributed by atoms with Gasteiger partial charge < -0.3 is 20.0 Å². The molecule has 0 heterocycles. The largest absolute Gasteiger partial charge is 0.445 e. The van der Waals surface area contributed by atoms with Crippen molar-refractivity contribution < 1.29 is 33.1 Å². The van der Waals surface area contributed by atoms with Gasteiger partial charge in [0.2, 0.25) is 0 Å². The molecule has 3 N–H and O–H groups in total. The number of aliphatic hydroxyl groups is 1. The number of aliphatic hydroxyl groups excluding tert-OH is 1. The van der Waals surface area contributed by atoms with Gasteiger partial charge in [-0.3, -0.25) is 4.84 Å². The fourth-order valence-electron chi connectivity index (χ4n) is 3.03. The maximum absolute atomic E-state index is 14.9. The van der Waals surface area contributed by atoms with Crippen molar-refractivity contribution in [2.45, 2.75) is 57.0 Å². The number of carbonyl (C=O) groups excluding carboxylic acids is 2. The number of ether oxygens (including phenoxy) is 1. The fraction of sp³-hybridized carbons (Fsp3) is 0.417. The van der Waals surface area contributed by atoms with Crippen molar-refractivity contribution in [1.82, 2.24) is 10.8 Å². The Morgan fingerprint density at radius 2 is 1.64 bits per heavy atom. The number of benzene rings is 2. The van der Waals surface area contributed by atoms with E-state index < -0.39 is 42.2 Å². The van der Waals surface area contributed by atoms with Gasteiger partial charge in [0.05, 0.1) is 24.1 Å². The van der Waals surface area contributed by atoms with Gasteiger partial charge in [0.15, 0.2) is 0 Å². The number of alkyl carbamates (subject to hydrolysis) is 1. The number of alkyl halides is 2. The average molecular weight is 465 g/mol. The van der Waals surface area contributed by atoms with Crippen LogP contribution in [0.1, 0.15) is 37.8 Å². The van der Waals surface area contributed by atoms with Crippen LogP contribution in [0.4, 0.5) is 13.6 Å². The van der Waals surface area contributed by atoms with Crippen LogP contribution in [0.3, 0.4) is 0 Å². The minimum Gasteiger partial charge on any atom is -0.445 e. The molecular weight excluding hydrogens is 434 g/mol. The Morgan fingerprint density at radius 3 is 2.18 bits per heavy atom. The van der Waals surface area contributed by atoms with Gasteiger partial charge in [0, 0.05) is 0 Å². The number of hydrogen-bond donors (Lipinski definition) is 3. The van der Waals surface area contributed by atoms with Crippen molar-refractivity contribution in [3.63, 3.8) is 0 Å². The monoisotopic (exact) mass is 464 g/mol. The fourth-order valence-corrected chi connectivity index (χ4v) is 3.03. The summed E-state index contributed by atoms with van der Waals surface area (Å²) in [5, 5.41) is 12.8. The molecule has 0 saturated carbocycles. The summed E-state index contributed by atoms with van der Waals surface area (Å²) in [6.45, 7) is 3.85. The van der Waals surface area contributed by atoms with Crippen LogP contribution in [-0.2, 0) is 21.0 Å². The number of carbonyl (C=O) groups is 2. The SMILES string of the molecule is CC(C)(C)ONCC(F)(F)C(O)C(NC(=O)OCc1ccccc1)C(C=O)c1ccccc1. The summed E-state index contributed by atoms with van der Waals surface area (Å²) in [6.07, 6.45) is -3.05. The molecule has 0 aliphatic heterocycles. The van der Waals surface area contributed by atoms with E-state index in [0.717, 1.165) is 0 Å². The summed E-state index contributed by atoms with van der Waals surface area (Å²) >= 11 is 0. The molecule has 0 aliphatic carbocycles. The third kappa shape index (κ3) is 8.53. The Kier molecular flexibility index (Phi) is 9.45. The molecule has 180 valence electrons. The van der Waals surface area contributed by atoms with E-state index in [4.69, 9.17) is 9.57 Å². The number of halogens is 2. The summed E-state index contributed by atoms with van der Waals surface area (Å²) in [4.78, 5) is 29.4. The van der Waals surface area contributed by atoms with Crippen LogP contribution in [-0.4, -0.2) is 47.7 Å². The first-order valence-corrected chi connectivity index (χ1v) is 10.5. The zero-order valence-corrected chi connectivity index (χ0v) is 18.8. The van der Waals surface area contributed by atoms with Gasteiger partial charge in [-0.05, 0) is 31.9 Å². The van der Waals surface area contributed by atoms with E-state index in [1.807, 2.05) is 0 Å². The highest BCUT2D eigenvalue weighted by Crippen LogP contribution is 2.28. The molecule has 3 unspecified atom stereocenters. The average Bonchev–Trinajstić information content (AvgIpc) is 2.77. The molecular formula is C24H30F2N2O5. The molecule has 0 bridgehead atoms. The second-order valence-electron chi connectivity index (χ2n) is 8.55. The lowest BCUT2D eigenvalue weighted by Gasteiger charge is -2.33. The van der Waals surface area contributed by atoms with Crippen LogP contribution in [0.5, 0.6) is 0 Å². The number of hydrogen-bond acceptors (Lipinski definition) is 6. The number of amides is 1. The molecule has 7 nitrogen and oxygen atoms in total.